The van der Waals surface area contributed by atoms with Gasteiger partial charge in [-0.3, -0.25) is 4.79 Å². The summed E-state index contributed by atoms with van der Waals surface area (Å²) in [6, 6.07) is 21.0. The van der Waals surface area contributed by atoms with Gasteiger partial charge in [-0.25, -0.2) is 4.79 Å². The van der Waals surface area contributed by atoms with E-state index in [2.05, 4.69) is 12.1 Å². The van der Waals surface area contributed by atoms with Crippen LogP contribution in [-0.4, -0.2) is 28.6 Å². The van der Waals surface area contributed by atoms with E-state index in [0.717, 1.165) is 16.7 Å². The summed E-state index contributed by atoms with van der Waals surface area (Å²) in [5, 5.41) is -0.301. The van der Waals surface area contributed by atoms with E-state index in [-0.39, 0.29) is 17.9 Å². The first-order valence-corrected chi connectivity index (χ1v) is 10.4. The van der Waals surface area contributed by atoms with Crippen molar-refractivity contribution in [3.63, 3.8) is 0 Å². The molecule has 4 rings (SSSR count). The minimum absolute atomic E-state index is 0.173. The van der Waals surface area contributed by atoms with Crippen LogP contribution in [0.1, 0.15) is 23.6 Å². The number of nitrogens with zero attached hydrogens (tertiary/aromatic N) is 1. The van der Waals surface area contributed by atoms with E-state index in [9.17, 15) is 9.59 Å². The van der Waals surface area contributed by atoms with Gasteiger partial charge in [0.25, 0.3) is 0 Å². The van der Waals surface area contributed by atoms with Crippen molar-refractivity contribution < 1.29 is 18.7 Å². The number of benzene rings is 2. The Balaban J connectivity index is 1.40. The molecule has 148 valence electrons. The molecule has 3 aromatic rings. The number of thioether (sulfide) groups is 1. The Hall–Kier alpha value is -2.99. The van der Waals surface area contributed by atoms with E-state index >= 15 is 0 Å². The second kappa shape index (κ2) is 8.57. The van der Waals surface area contributed by atoms with Crippen molar-refractivity contribution in [3.05, 3.63) is 84.3 Å². The maximum atomic E-state index is 12.7. The van der Waals surface area contributed by atoms with Crippen LogP contribution in [0.3, 0.4) is 0 Å². The fourth-order valence-corrected chi connectivity index (χ4v) is 4.81. The molecular formula is C23H21NO4S. The van der Waals surface area contributed by atoms with Crippen LogP contribution in [0, 0.1) is 0 Å². The predicted molar refractivity (Wildman–Crippen MR) is 112 cm³/mol. The SMILES string of the molecule is CC(=O)N1[C@H](C(=O)OCc2ccc(-c3ccccc3)cc2)CS[C@H]1c1ccco1. The lowest BCUT2D eigenvalue weighted by Crippen LogP contribution is -2.42. The smallest absolute Gasteiger partial charge is 0.330 e. The van der Waals surface area contributed by atoms with Gasteiger partial charge in [0.05, 0.1) is 6.26 Å². The number of hydrogen-bond donors (Lipinski definition) is 0. The zero-order chi connectivity index (χ0) is 20.2. The molecule has 0 unspecified atom stereocenters. The highest BCUT2D eigenvalue weighted by Crippen LogP contribution is 2.41. The van der Waals surface area contributed by atoms with Crippen molar-refractivity contribution in [2.24, 2.45) is 0 Å². The first-order valence-electron chi connectivity index (χ1n) is 9.38. The standard InChI is InChI=1S/C23H21NO4S/c1-16(25)24-20(15-29-22(24)21-8-5-13-27-21)23(26)28-14-17-9-11-19(12-10-17)18-6-3-2-4-7-18/h2-13,20,22H,14-15H2,1H3/t20-,22-/m0/s1. The lowest BCUT2D eigenvalue weighted by atomic mass is 10.0. The zero-order valence-corrected chi connectivity index (χ0v) is 16.8. The molecule has 1 aliphatic heterocycles. The van der Waals surface area contributed by atoms with Gasteiger partial charge in [-0.1, -0.05) is 54.6 Å². The third-order valence-electron chi connectivity index (χ3n) is 4.86. The highest BCUT2D eigenvalue weighted by atomic mass is 32.2. The van der Waals surface area contributed by atoms with Crippen LogP contribution in [0.15, 0.2) is 77.4 Å². The van der Waals surface area contributed by atoms with Crippen molar-refractivity contribution in [3.8, 4) is 11.1 Å². The summed E-state index contributed by atoms with van der Waals surface area (Å²) in [7, 11) is 0. The van der Waals surface area contributed by atoms with Crippen molar-refractivity contribution in [2.45, 2.75) is 24.9 Å². The van der Waals surface area contributed by atoms with Crippen LogP contribution in [0.2, 0.25) is 0 Å². The molecule has 29 heavy (non-hydrogen) atoms. The molecule has 0 aliphatic carbocycles. The van der Waals surface area contributed by atoms with E-state index in [1.54, 1.807) is 17.2 Å². The first kappa shape index (κ1) is 19.3. The predicted octanol–water partition coefficient (Wildman–Crippen LogP) is 4.65. The molecule has 0 N–H and O–H groups in total. The van der Waals surface area contributed by atoms with E-state index in [4.69, 9.17) is 9.15 Å². The number of hydrogen-bond acceptors (Lipinski definition) is 5. The molecule has 1 saturated heterocycles. The van der Waals surface area contributed by atoms with Crippen molar-refractivity contribution in [1.82, 2.24) is 4.90 Å². The Bertz CT molecular complexity index is 970. The minimum Gasteiger partial charge on any atom is -0.466 e. The van der Waals surface area contributed by atoms with Crippen LogP contribution in [0.4, 0.5) is 0 Å². The third kappa shape index (κ3) is 4.22. The van der Waals surface area contributed by atoms with Gasteiger partial charge in [-0.05, 0) is 28.8 Å². The molecule has 0 radical (unpaired) electrons. The van der Waals surface area contributed by atoms with Gasteiger partial charge in [0.1, 0.15) is 23.8 Å². The Morgan fingerprint density at radius 2 is 1.76 bits per heavy atom. The van der Waals surface area contributed by atoms with Gasteiger partial charge >= 0.3 is 5.97 Å². The maximum absolute atomic E-state index is 12.7. The van der Waals surface area contributed by atoms with Gasteiger partial charge in [0.15, 0.2) is 0 Å². The second-order valence-electron chi connectivity index (χ2n) is 6.81. The third-order valence-corrected chi connectivity index (χ3v) is 6.15. The molecular weight excluding hydrogens is 386 g/mol. The summed E-state index contributed by atoms with van der Waals surface area (Å²) < 4.78 is 11.0. The molecule has 0 bridgehead atoms. The normalized spacial score (nSPS) is 18.6. The molecule has 2 aromatic carbocycles. The molecule has 2 atom stereocenters. The average Bonchev–Trinajstić information content (AvgIpc) is 3.42. The lowest BCUT2D eigenvalue weighted by Gasteiger charge is -2.25. The van der Waals surface area contributed by atoms with E-state index < -0.39 is 12.0 Å². The lowest BCUT2D eigenvalue weighted by molar-refractivity contribution is -0.154. The Labute approximate surface area is 173 Å². The number of amides is 1. The quantitative estimate of drug-likeness (QED) is 0.576. The van der Waals surface area contributed by atoms with Crippen LogP contribution in [0.5, 0.6) is 0 Å². The molecule has 1 amide bonds. The first-order chi connectivity index (χ1) is 14.1. The summed E-state index contributed by atoms with van der Waals surface area (Å²) in [5.41, 5.74) is 3.15. The number of ether oxygens (including phenoxy) is 1. The van der Waals surface area contributed by atoms with E-state index in [0.29, 0.717) is 11.5 Å². The van der Waals surface area contributed by atoms with Crippen LogP contribution in [0.25, 0.3) is 11.1 Å². The number of rotatable bonds is 5. The fraction of sp³-hybridized carbons (Fsp3) is 0.217. The number of esters is 1. The molecule has 1 aliphatic rings. The Kier molecular flexibility index (Phi) is 5.71. The molecule has 0 saturated carbocycles. The number of furan rings is 1. The summed E-state index contributed by atoms with van der Waals surface area (Å²) in [4.78, 5) is 26.4. The monoisotopic (exact) mass is 407 g/mol. The Morgan fingerprint density at radius 1 is 1.03 bits per heavy atom. The van der Waals surface area contributed by atoms with Gasteiger partial charge in [0.2, 0.25) is 5.91 Å². The van der Waals surface area contributed by atoms with E-state index in [1.807, 2.05) is 48.5 Å². The second-order valence-corrected chi connectivity index (χ2v) is 7.93. The van der Waals surface area contributed by atoms with Crippen LogP contribution < -0.4 is 0 Å². The zero-order valence-electron chi connectivity index (χ0n) is 16.0. The highest BCUT2D eigenvalue weighted by molar-refractivity contribution is 7.99. The van der Waals surface area contributed by atoms with Crippen LogP contribution in [-0.2, 0) is 20.9 Å². The van der Waals surface area contributed by atoms with Gasteiger partial charge < -0.3 is 14.1 Å². The number of carbonyl (C=O) groups excluding carboxylic acids is 2. The summed E-state index contributed by atoms with van der Waals surface area (Å²) in [6.07, 6.45) is 1.57. The average molecular weight is 407 g/mol. The topological polar surface area (TPSA) is 59.8 Å². The largest absolute Gasteiger partial charge is 0.466 e. The molecule has 6 heteroatoms. The summed E-state index contributed by atoms with van der Waals surface area (Å²) in [6.45, 7) is 1.64. The van der Waals surface area contributed by atoms with Crippen LogP contribution >= 0.6 is 11.8 Å². The van der Waals surface area contributed by atoms with Gasteiger partial charge in [-0.2, -0.15) is 0 Å². The van der Waals surface area contributed by atoms with Gasteiger partial charge in [-0.15, -0.1) is 11.8 Å². The van der Waals surface area contributed by atoms with Crippen molar-refractivity contribution >= 4 is 23.6 Å². The summed E-state index contributed by atoms with van der Waals surface area (Å²) in [5.74, 6) is 0.577. The molecule has 5 nitrogen and oxygen atoms in total. The van der Waals surface area contributed by atoms with Crippen molar-refractivity contribution in [2.75, 3.05) is 5.75 Å². The fourth-order valence-electron chi connectivity index (χ4n) is 3.40. The highest BCUT2D eigenvalue weighted by Gasteiger charge is 2.43. The number of carbonyl (C=O) groups is 2. The molecule has 0 spiro atoms. The van der Waals surface area contributed by atoms with Crippen molar-refractivity contribution in [1.29, 1.82) is 0 Å². The maximum Gasteiger partial charge on any atom is 0.330 e. The van der Waals surface area contributed by atoms with Gasteiger partial charge in [0, 0.05) is 12.7 Å². The minimum atomic E-state index is -0.615. The Morgan fingerprint density at radius 3 is 2.41 bits per heavy atom. The van der Waals surface area contributed by atoms with E-state index in [1.165, 1.54) is 18.7 Å². The molecule has 1 fully saturated rings. The summed E-state index contributed by atoms with van der Waals surface area (Å²) >= 11 is 1.50. The molecule has 1 aromatic heterocycles. The molecule has 2 heterocycles.